The van der Waals surface area contributed by atoms with Gasteiger partial charge in [0.25, 0.3) is 0 Å². The molecule has 4 rings (SSSR count). The van der Waals surface area contributed by atoms with Gasteiger partial charge in [-0.15, -0.1) is 0 Å². The fraction of sp³-hybridized carbons (Fsp3) is 0.136. The minimum absolute atomic E-state index is 0.0231. The Morgan fingerprint density at radius 2 is 1.64 bits per heavy atom. The van der Waals surface area contributed by atoms with Crippen LogP contribution in [0.5, 0.6) is 0 Å². The van der Waals surface area contributed by atoms with Crippen molar-refractivity contribution in [3.05, 3.63) is 66.2 Å². The molecule has 0 unspecified atom stereocenters. The van der Waals surface area contributed by atoms with Crippen LogP contribution in [0.15, 0.2) is 60.7 Å². The van der Waals surface area contributed by atoms with E-state index in [9.17, 15) is 14.4 Å². The standard InChI is InChI=1S/C22H19N3O3/c1-13(26)14-8-10-16(11-9-14)23-20(27)12-19-22(28)25-18-7-3-5-15-4-2-6-17(24-19)21(15)18/h2-11,19,24H,12H2,1H3,(H,23,27)(H,25,28)/t19-/m0/s1. The number of carbonyl (C=O) groups is 3. The van der Waals surface area contributed by atoms with Gasteiger partial charge in [0.1, 0.15) is 6.04 Å². The number of amides is 2. The Kier molecular flexibility index (Phi) is 4.53. The van der Waals surface area contributed by atoms with Crippen LogP contribution in [0.4, 0.5) is 17.1 Å². The molecule has 1 aliphatic heterocycles. The van der Waals surface area contributed by atoms with Crippen molar-refractivity contribution in [2.24, 2.45) is 0 Å². The zero-order valence-corrected chi connectivity index (χ0v) is 15.3. The van der Waals surface area contributed by atoms with Gasteiger partial charge in [-0.1, -0.05) is 24.3 Å². The smallest absolute Gasteiger partial charge is 0.247 e. The van der Waals surface area contributed by atoms with Gasteiger partial charge in [-0.2, -0.15) is 0 Å². The van der Waals surface area contributed by atoms with Crippen molar-refractivity contribution < 1.29 is 14.4 Å². The van der Waals surface area contributed by atoms with E-state index < -0.39 is 6.04 Å². The molecule has 3 N–H and O–H groups in total. The lowest BCUT2D eigenvalue weighted by molar-refractivity contribution is -0.121. The lowest BCUT2D eigenvalue weighted by Crippen LogP contribution is -2.36. The van der Waals surface area contributed by atoms with Gasteiger partial charge in [0, 0.05) is 22.3 Å². The first kappa shape index (κ1) is 17.7. The van der Waals surface area contributed by atoms with Crippen molar-refractivity contribution in [2.75, 3.05) is 16.0 Å². The van der Waals surface area contributed by atoms with Crippen LogP contribution in [0, 0.1) is 0 Å². The first-order valence-corrected chi connectivity index (χ1v) is 9.01. The number of benzene rings is 3. The molecule has 0 bridgehead atoms. The summed E-state index contributed by atoms with van der Waals surface area (Å²) < 4.78 is 0. The number of nitrogens with one attached hydrogen (secondary N) is 3. The average Bonchev–Trinajstić information content (AvgIpc) is 2.80. The van der Waals surface area contributed by atoms with E-state index in [-0.39, 0.29) is 24.0 Å². The summed E-state index contributed by atoms with van der Waals surface area (Å²) in [5.41, 5.74) is 2.70. The first-order valence-electron chi connectivity index (χ1n) is 9.01. The molecule has 28 heavy (non-hydrogen) atoms. The van der Waals surface area contributed by atoms with Crippen LogP contribution in [-0.4, -0.2) is 23.6 Å². The van der Waals surface area contributed by atoms with Crippen molar-refractivity contribution in [2.45, 2.75) is 19.4 Å². The third-order valence-electron chi connectivity index (χ3n) is 4.77. The minimum atomic E-state index is -0.700. The monoisotopic (exact) mass is 373 g/mol. The van der Waals surface area contributed by atoms with E-state index in [0.29, 0.717) is 11.3 Å². The van der Waals surface area contributed by atoms with Gasteiger partial charge in [-0.25, -0.2) is 0 Å². The van der Waals surface area contributed by atoms with Crippen molar-refractivity contribution >= 4 is 45.4 Å². The Hall–Kier alpha value is -3.67. The molecule has 140 valence electrons. The van der Waals surface area contributed by atoms with Gasteiger partial charge in [-0.3, -0.25) is 14.4 Å². The van der Waals surface area contributed by atoms with Crippen molar-refractivity contribution in [3.63, 3.8) is 0 Å². The number of rotatable bonds is 4. The van der Waals surface area contributed by atoms with Crippen LogP contribution in [0.2, 0.25) is 0 Å². The summed E-state index contributed by atoms with van der Waals surface area (Å²) in [5.74, 6) is -0.585. The topological polar surface area (TPSA) is 87.3 Å². The average molecular weight is 373 g/mol. The highest BCUT2D eigenvalue weighted by atomic mass is 16.2. The number of hydrogen-bond donors (Lipinski definition) is 3. The van der Waals surface area contributed by atoms with Gasteiger partial charge in [0.2, 0.25) is 11.8 Å². The molecule has 0 radical (unpaired) electrons. The maximum atomic E-state index is 12.6. The quantitative estimate of drug-likeness (QED) is 0.607. The Balaban J connectivity index is 1.51. The molecule has 6 heteroatoms. The van der Waals surface area contributed by atoms with Gasteiger partial charge >= 0.3 is 0 Å². The van der Waals surface area contributed by atoms with E-state index >= 15 is 0 Å². The van der Waals surface area contributed by atoms with E-state index in [1.807, 2.05) is 36.4 Å². The highest BCUT2D eigenvalue weighted by Gasteiger charge is 2.26. The first-order chi connectivity index (χ1) is 13.5. The van der Waals surface area contributed by atoms with Crippen LogP contribution < -0.4 is 16.0 Å². The van der Waals surface area contributed by atoms with Crippen LogP contribution in [0.25, 0.3) is 10.8 Å². The zero-order valence-electron chi connectivity index (χ0n) is 15.3. The van der Waals surface area contributed by atoms with E-state index in [1.54, 1.807) is 24.3 Å². The fourth-order valence-electron chi connectivity index (χ4n) is 3.37. The molecule has 3 aromatic rings. The van der Waals surface area contributed by atoms with Gasteiger partial charge in [0.05, 0.1) is 12.1 Å². The number of anilines is 3. The van der Waals surface area contributed by atoms with Gasteiger partial charge < -0.3 is 16.0 Å². The van der Waals surface area contributed by atoms with Crippen molar-refractivity contribution in [1.82, 2.24) is 0 Å². The summed E-state index contributed by atoms with van der Waals surface area (Å²) in [6.07, 6.45) is -0.0231. The van der Waals surface area contributed by atoms with E-state index in [0.717, 1.165) is 22.1 Å². The molecule has 0 saturated heterocycles. The van der Waals surface area contributed by atoms with Gasteiger partial charge in [0.15, 0.2) is 5.78 Å². The van der Waals surface area contributed by atoms with Crippen LogP contribution in [0.1, 0.15) is 23.7 Å². The summed E-state index contributed by atoms with van der Waals surface area (Å²) >= 11 is 0. The Morgan fingerprint density at radius 3 is 2.32 bits per heavy atom. The molecular weight excluding hydrogens is 354 g/mol. The number of ketones is 1. The van der Waals surface area contributed by atoms with Crippen molar-refractivity contribution in [3.8, 4) is 0 Å². The van der Waals surface area contributed by atoms with E-state index in [2.05, 4.69) is 16.0 Å². The largest absolute Gasteiger partial charge is 0.373 e. The summed E-state index contributed by atoms with van der Waals surface area (Å²) in [4.78, 5) is 36.5. The Bertz CT molecular complexity index is 1080. The van der Waals surface area contributed by atoms with Crippen molar-refractivity contribution in [1.29, 1.82) is 0 Å². The lowest BCUT2D eigenvalue weighted by atomic mass is 10.1. The normalized spacial score (nSPS) is 15.3. The summed E-state index contributed by atoms with van der Waals surface area (Å²) in [5, 5.41) is 10.8. The number of Topliss-reactive ketones (excluding diaryl/α,β-unsaturated/α-hetero) is 1. The van der Waals surface area contributed by atoms with Crippen LogP contribution in [-0.2, 0) is 9.59 Å². The third kappa shape index (κ3) is 3.44. The molecule has 1 aliphatic rings. The Labute approximate surface area is 161 Å². The second kappa shape index (κ2) is 7.15. The molecular formula is C22H19N3O3. The molecule has 0 aromatic heterocycles. The molecule has 0 saturated carbocycles. The lowest BCUT2D eigenvalue weighted by Gasteiger charge is -2.16. The van der Waals surface area contributed by atoms with E-state index in [4.69, 9.17) is 0 Å². The highest BCUT2D eigenvalue weighted by molar-refractivity contribution is 6.13. The van der Waals surface area contributed by atoms with Crippen LogP contribution in [0.3, 0.4) is 0 Å². The Morgan fingerprint density at radius 1 is 0.964 bits per heavy atom. The molecule has 0 spiro atoms. The molecule has 3 aromatic carbocycles. The maximum absolute atomic E-state index is 12.6. The maximum Gasteiger partial charge on any atom is 0.247 e. The predicted molar refractivity (Wildman–Crippen MR) is 110 cm³/mol. The number of hydrogen-bond acceptors (Lipinski definition) is 4. The SMILES string of the molecule is CC(=O)c1ccc(NC(=O)C[C@@H]2Nc3cccc4cccc(c34)NC2=O)cc1. The predicted octanol–water partition coefficient (Wildman–Crippen LogP) is 3.80. The van der Waals surface area contributed by atoms with E-state index in [1.165, 1.54) is 6.92 Å². The fourth-order valence-corrected chi connectivity index (χ4v) is 3.37. The molecule has 2 amide bonds. The van der Waals surface area contributed by atoms with Gasteiger partial charge in [-0.05, 0) is 48.7 Å². The molecule has 0 fully saturated rings. The molecule has 6 nitrogen and oxygen atoms in total. The second-order valence-corrected chi connectivity index (χ2v) is 6.78. The summed E-state index contributed by atoms with van der Waals surface area (Å²) in [6, 6.07) is 17.5. The number of carbonyl (C=O) groups excluding carboxylic acids is 3. The third-order valence-corrected chi connectivity index (χ3v) is 4.77. The zero-order chi connectivity index (χ0) is 19.7. The molecule has 1 heterocycles. The molecule has 1 atom stereocenters. The summed E-state index contributed by atoms with van der Waals surface area (Å²) in [6.45, 7) is 1.49. The minimum Gasteiger partial charge on any atom is -0.373 e. The molecule has 0 aliphatic carbocycles. The highest BCUT2D eigenvalue weighted by Crippen LogP contribution is 2.33. The second-order valence-electron chi connectivity index (χ2n) is 6.78. The summed E-state index contributed by atoms with van der Waals surface area (Å²) in [7, 11) is 0. The van der Waals surface area contributed by atoms with Crippen LogP contribution >= 0.6 is 0 Å².